The molecule has 0 aromatic heterocycles. The minimum absolute atomic E-state index is 0.0571. The van der Waals surface area contributed by atoms with Gasteiger partial charge in [0.15, 0.2) is 0 Å². The fourth-order valence-corrected chi connectivity index (χ4v) is 3.84. The van der Waals surface area contributed by atoms with Crippen molar-refractivity contribution in [3.8, 4) is 16.9 Å². The van der Waals surface area contributed by atoms with Gasteiger partial charge in [-0.25, -0.2) is 0 Å². The molecule has 0 aliphatic carbocycles. The Balaban J connectivity index is 2.87. The van der Waals surface area contributed by atoms with Crippen molar-refractivity contribution in [2.75, 3.05) is 13.1 Å². The highest BCUT2D eigenvalue weighted by atomic mass is 35.5. The number of hydrogen-bond acceptors (Lipinski definition) is 2. The van der Waals surface area contributed by atoms with Crippen LogP contribution in [0.5, 0.6) is 5.75 Å². The molecule has 2 aromatic carbocycles. The van der Waals surface area contributed by atoms with Crippen molar-refractivity contribution in [3.63, 3.8) is 0 Å². The lowest BCUT2D eigenvalue weighted by molar-refractivity contribution is 0.288. The molecule has 0 heterocycles. The molecule has 0 spiro atoms. The lowest BCUT2D eigenvalue weighted by Crippen LogP contribution is -2.26. The van der Waals surface area contributed by atoms with E-state index >= 15 is 0 Å². The highest BCUT2D eigenvalue weighted by molar-refractivity contribution is 6.30. The Morgan fingerprint density at radius 1 is 0.857 bits per heavy atom. The summed E-state index contributed by atoms with van der Waals surface area (Å²) in [4.78, 5) is 2.35. The smallest absolute Gasteiger partial charge is 0.128 e. The molecule has 0 saturated heterocycles. The first-order valence-electron chi connectivity index (χ1n) is 10.3. The van der Waals surface area contributed by atoms with Gasteiger partial charge in [0.05, 0.1) is 0 Å². The van der Waals surface area contributed by atoms with Crippen LogP contribution in [0.2, 0.25) is 5.02 Å². The first-order valence-corrected chi connectivity index (χ1v) is 10.7. The van der Waals surface area contributed by atoms with Gasteiger partial charge in [-0.3, -0.25) is 4.90 Å². The van der Waals surface area contributed by atoms with Crippen LogP contribution in [0.1, 0.15) is 72.1 Å². The van der Waals surface area contributed by atoms with Crippen LogP contribution in [0.4, 0.5) is 0 Å². The molecule has 28 heavy (non-hydrogen) atoms. The van der Waals surface area contributed by atoms with Crippen molar-refractivity contribution in [1.29, 1.82) is 0 Å². The number of phenolic OH excluding ortho intramolecular Hbond substituents is 1. The Labute approximate surface area is 176 Å². The normalized spacial score (nSPS) is 12.6. The molecule has 0 fully saturated rings. The summed E-state index contributed by atoms with van der Waals surface area (Å²) in [5.74, 6) is 0.409. The van der Waals surface area contributed by atoms with Gasteiger partial charge in [-0.05, 0) is 52.7 Å². The van der Waals surface area contributed by atoms with E-state index in [4.69, 9.17) is 11.6 Å². The SMILES string of the molecule is CCN(CC)Cc1c(C(C)(C)C)cc(C(C)(C)C)c(-c2ccc(Cl)cc2)c1O. The minimum Gasteiger partial charge on any atom is -0.507 e. The molecule has 0 radical (unpaired) electrons. The van der Waals surface area contributed by atoms with Gasteiger partial charge < -0.3 is 5.11 Å². The molecular formula is C25H36ClNO. The van der Waals surface area contributed by atoms with Crippen molar-refractivity contribution in [2.45, 2.75) is 72.8 Å². The van der Waals surface area contributed by atoms with Gasteiger partial charge in [-0.2, -0.15) is 0 Å². The third-order valence-electron chi connectivity index (χ3n) is 5.43. The van der Waals surface area contributed by atoms with Gasteiger partial charge >= 0.3 is 0 Å². The van der Waals surface area contributed by atoms with Crippen LogP contribution in [-0.4, -0.2) is 23.1 Å². The van der Waals surface area contributed by atoms with Crippen LogP contribution in [-0.2, 0) is 17.4 Å². The van der Waals surface area contributed by atoms with Crippen LogP contribution in [0, 0.1) is 0 Å². The highest BCUT2D eigenvalue weighted by Crippen LogP contribution is 2.45. The maximum absolute atomic E-state index is 11.6. The van der Waals surface area contributed by atoms with Gasteiger partial charge in [0.25, 0.3) is 0 Å². The Morgan fingerprint density at radius 2 is 1.36 bits per heavy atom. The fraction of sp³-hybridized carbons (Fsp3) is 0.520. The van der Waals surface area contributed by atoms with E-state index in [1.807, 2.05) is 24.3 Å². The number of benzene rings is 2. The highest BCUT2D eigenvalue weighted by Gasteiger charge is 2.30. The molecule has 2 aromatic rings. The fourth-order valence-electron chi connectivity index (χ4n) is 3.71. The molecule has 0 aliphatic heterocycles. The minimum atomic E-state index is -0.0970. The van der Waals surface area contributed by atoms with Crippen LogP contribution in [0.3, 0.4) is 0 Å². The molecule has 0 aliphatic rings. The number of rotatable bonds is 5. The van der Waals surface area contributed by atoms with E-state index in [-0.39, 0.29) is 10.8 Å². The molecule has 1 N–H and O–H groups in total. The lowest BCUT2D eigenvalue weighted by Gasteiger charge is -2.33. The number of aromatic hydroxyl groups is 1. The summed E-state index contributed by atoms with van der Waals surface area (Å²) in [7, 11) is 0. The maximum atomic E-state index is 11.6. The largest absolute Gasteiger partial charge is 0.507 e. The van der Waals surface area contributed by atoms with Crippen LogP contribution in [0.15, 0.2) is 30.3 Å². The van der Waals surface area contributed by atoms with Crippen molar-refractivity contribution >= 4 is 11.6 Å². The zero-order valence-corrected chi connectivity index (χ0v) is 19.5. The summed E-state index contributed by atoms with van der Waals surface area (Å²) >= 11 is 6.12. The quantitative estimate of drug-likeness (QED) is 0.574. The standard InChI is InChI=1S/C25H36ClNO/c1-9-27(10-2)16-19-20(24(3,4)5)15-21(25(6,7)8)22(23(19)28)17-11-13-18(26)14-12-17/h11-15,28H,9-10,16H2,1-8H3. The van der Waals surface area contributed by atoms with Gasteiger partial charge in [0, 0.05) is 22.7 Å². The first kappa shape index (κ1) is 22.8. The van der Waals surface area contributed by atoms with E-state index in [0.29, 0.717) is 10.8 Å². The molecule has 0 bridgehead atoms. The van der Waals surface area contributed by atoms with Crippen LogP contribution >= 0.6 is 11.6 Å². The monoisotopic (exact) mass is 401 g/mol. The van der Waals surface area contributed by atoms with Crippen LogP contribution in [0.25, 0.3) is 11.1 Å². The third-order valence-corrected chi connectivity index (χ3v) is 5.68. The predicted octanol–water partition coefficient (Wildman–Crippen LogP) is 7.15. The average molecular weight is 402 g/mol. The second-order valence-electron chi connectivity index (χ2n) is 9.64. The maximum Gasteiger partial charge on any atom is 0.128 e. The number of halogens is 1. The second-order valence-corrected chi connectivity index (χ2v) is 10.1. The molecule has 0 unspecified atom stereocenters. The number of phenols is 1. The zero-order valence-electron chi connectivity index (χ0n) is 18.8. The molecular weight excluding hydrogens is 366 g/mol. The summed E-state index contributed by atoms with van der Waals surface area (Å²) in [6.07, 6.45) is 0. The van der Waals surface area contributed by atoms with Gasteiger partial charge in [-0.15, -0.1) is 0 Å². The summed E-state index contributed by atoms with van der Waals surface area (Å²) in [6, 6.07) is 10.1. The molecule has 3 heteroatoms. The Kier molecular flexibility index (Phi) is 6.89. The van der Waals surface area contributed by atoms with Crippen molar-refractivity contribution < 1.29 is 5.11 Å². The van der Waals surface area contributed by atoms with E-state index in [1.54, 1.807) is 0 Å². The van der Waals surface area contributed by atoms with Gasteiger partial charge in [0.1, 0.15) is 5.75 Å². The second kappa shape index (κ2) is 8.47. The summed E-state index contributed by atoms with van der Waals surface area (Å²) in [6.45, 7) is 20.3. The average Bonchev–Trinajstić information content (AvgIpc) is 2.59. The first-order chi connectivity index (χ1) is 12.9. The van der Waals surface area contributed by atoms with Crippen molar-refractivity contribution in [3.05, 3.63) is 52.0 Å². The van der Waals surface area contributed by atoms with E-state index in [1.165, 1.54) is 11.1 Å². The van der Waals surface area contributed by atoms with Gasteiger partial charge in [-0.1, -0.05) is 85.2 Å². The number of hydrogen-bond donors (Lipinski definition) is 1. The third kappa shape index (κ3) is 4.90. The molecule has 0 atom stereocenters. The zero-order chi connectivity index (χ0) is 21.3. The molecule has 0 amide bonds. The topological polar surface area (TPSA) is 23.5 Å². The van der Waals surface area contributed by atoms with Gasteiger partial charge in [0.2, 0.25) is 0 Å². The van der Waals surface area contributed by atoms with E-state index < -0.39 is 0 Å². The molecule has 2 nitrogen and oxygen atoms in total. The van der Waals surface area contributed by atoms with E-state index in [0.717, 1.165) is 36.3 Å². The summed E-state index contributed by atoms with van der Waals surface area (Å²) in [5.41, 5.74) is 5.21. The molecule has 154 valence electrons. The number of nitrogens with zero attached hydrogens (tertiary/aromatic N) is 1. The summed E-state index contributed by atoms with van der Waals surface area (Å²) in [5, 5.41) is 12.3. The molecule has 2 rings (SSSR count). The summed E-state index contributed by atoms with van der Waals surface area (Å²) < 4.78 is 0. The van der Waals surface area contributed by atoms with Crippen molar-refractivity contribution in [1.82, 2.24) is 4.90 Å². The lowest BCUT2D eigenvalue weighted by atomic mass is 9.74. The Bertz CT molecular complexity index is 806. The van der Waals surface area contributed by atoms with Crippen LogP contribution < -0.4 is 0 Å². The molecule has 0 saturated carbocycles. The van der Waals surface area contributed by atoms with E-state index in [9.17, 15) is 5.11 Å². The van der Waals surface area contributed by atoms with Crippen molar-refractivity contribution in [2.24, 2.45) is 0 Å². The Morgan fingerprint density at radius 3 is 1.79 bits per heavy atom. The van der Waals surface area contributed by atoms with E-state index in [2.05, 4.69) is 66.4 Å². The predicted molar refractivity (Wildman–Crippen MR) is 123 cm³/mol. The Hall–Kier alpha value is -1.51.